The van der Waals surface area contributed by atoms with Crippen LogP contribution >= 0.6 is 11.8 Å². The Morgan fingerprint density at radius 3 is 2.43 bits per heavy atom. The predicted molar refractivity (Wildman–Crippen MR) is 185 cm³/mol. The highest BCUT2D eigenvalue weighted by Gasteiger charge is 2.45. The highest BCUT2D eigenvalue weighted by atomic mass is 32.2. The molecule has 3 atom stereocenters. The molecule has 3 unspecified atom stereocenters. The lowest BCUT2D eigenvalue weighted by Crippen LogP contribution is -2.47. The van der Waals surface area contributed by atoms with Gasteiger partial charge in [-0.2, -0.15) is 4.57 Å². The van der Waals surface area contributed by atoms with E-state index in [9.17, 15) is 8.42 Å². The highest BCUT2D eigenvalue weighted by molar-refractivity contribution is 8.04. The van der Waals surface area contributed by atoms with Crippen molar-refractivity contribution in [3.05, 3.63) is 71.3 Å². The van der Waals surface area contributed by atoms with Gasteiger partial charge in [-0.25, -0.2) is 12.7 Å². The van der Waals surface area contributed by atoms with E-state index in [4.69, 9.17) is 0 Å². The zero-order valence-corrected chi connectivity index (χ0v) is 28.7. The predicted octanol–water partition coefficient (Wildman–Crippen LogP) is 5.34. The van der Waals surface area contributed by atoms with Gasteiger partial charge in [0, 0.05) is 42.9 Å². The molecule has 6 rings (SSSR count). The van der Waals surface area contributed by atoms with Crippen LogP contribution in [0.5, 0.6) is 0 Å². The molecule has 2 saturated heterocycles. The molecule has 3 heterocycles. The second kappa shape index (κ2) is 12.7. The largest absolute Gasteiger partial charge is 0.365 e. The SMILES string of the molecule is CN(CC[N+](C)(C)C)c1cc(/C=C2\SC3CC(S(=O)(=O)N4CCCCC4)CCC3N2C)c2ccccc2[n+]1-c1ccccc1. The van der Waals surface area contributed by atoms with Gasteiger partial charge in [-0.1, -0.05) is 42.8 Å². The number of benzene rings is 2. The molecule has 1 aromatic heterocycles. The molecule has 2 aliphatic heterocycles. The Balaban J connectivity index is 1.36. The van der Waals surface area contributed by atoms with Crippen LogP contribution in [0.15, 0.2) is 65.7 Å². The Morgan fingerprint density at radius 2 is 1.70 bits per heavy atom. The number of fused-ring (bicyclic) bond motifs is 2. The second-order valence-corrected chi connectivity index (χ2v) is 17.3. The lowest BCUT2D eigenvalue weighted by molar-refractivity contribution is -0.868. The monoisotopic (exact) mass is 635 g/mol. The van der Waals surface area contributed by atoms with Crippen molar-refractivity contribution in [2.75, 3.05) is 66.3 Å². The molecule has 2 aromatic carbocycles. The molecule has 0 amide bonds. The lowest BCUT2D eigenvalue weighted by Gasteiger charge is -2.36. The van der Waals surface area contributed by atoms with Crippen LogP contribution in [0.2, 0.25) is 0 Å². The minimum atomic E-state index is -3.24. The van der Waals surface area contributed by atoms with Crippen molar-refractivity contribution < 1.29 is 17.5 Å². The van der Waals surface area contributed by atoms with E-state index >= 15 is 0 Å². The first-order chi connectivity index (χ1) is 21.0. The summed E-state index contributed by atoms with van der Waals surface area (Å²) >= 11 is 1.88. The summed E-state index contributed by atoms with van der Waals surface area (Å²) in [4.78, 5) is 4.80. The Labute approximate surface area is 268 Å². The number of sulfonamides is 1. The number of thioether (sulfide) groups is 1. The molecule has 3 aliphatic rings. The van der Waals surface area contributed by atoms with Crippen LogP contribution in [-0.2, 0) is 10.0 Å². The van der Waals surface area contributed by atoms with Crippen LogP contribution in [0.3, 0.4) is 0 Å². The number of hydrogen-bond donors (Lipinski definition) is 0. The molecular formula is C35H49N5O2S2+2. The first kappa shape index (κ1) is 31.4. The van der Waals surface area contributed by atoms with Crippen LogP contribution in [-0.4, -0.2) is 100 Å². The zero-order chi connectivity index (χ0) is 31.1. The summed E-state index contributed by atoms with van der Waals surface area (Å²) in [5.41, 5.74) is 3.52. The quantitative estimate of drug-likeness (QED) is 0.247. The Kier molecular flexibility index (Phi) is 9.03. The fraction of sp³-hybridized carbons (Fsp3) is 0.514. The number of piperidine rings is 1. The molecule has 44 heavy (non-hydrogen) atoms. The van der Waals surface area contributed by atoms with Gasteiger partial charge in [-0.15, -0.1) is 11.8 Å². The van der Waals surface area contributed by atoms with E-state index in [1.54, 1.807) is 4.31 Å². The molecule has 1 aliphatic carbocycles. The van der Waals surface area contributed by atoms with E-state index in [2.05, 4.69) is 116 Å². The molecular weight excluding hydrogens is 587 g/mol. The van der Waals surface area contributed by atoms with E-state index < -0.39 is 10.0 Å². The van der Waals surface area contributed by atoms with Crippen molar-refractivity contribution >= 4 is 44.6 Å². The van der Waals surface area contributed by atoms with Gasteiger partial charge in [0.25, 0.3) is 5.82 Å². The number of pyridine rings is 1. The van der Waals surface area contributed by atoms with Crippen LogP contribution in [0.25, 0.3) is 22.7 Å². The first-order valence-corrected chi connectivity index (χ1v) is 18.6. The smallest absolute Gasteiger partial charge is 0.282 e. The fourth-order valence-corrected chi connectivity index (χ4v) is 10.9. The first-order valence-electron chi connectivity index (χ1n) is 16.2. The van der Waals surface area contributed by atoms with Gasteiger partial charge < -0.3 is 9.38 Å². The maximum absolute atomic E-state index is 13.6. The lowest BCUT2D eigenvalue weighted by atomic mass is 9.93. The van der Waals surface area contributed by atoms with Gasteiger partial charge in [-0.05, 0) is 61.9 Å². The summed E-state index contributed by atoms with van der Waals surface area (Å²) in [5.74, 6) is 1.16. The minimum Gasteiger partial charge on any atom is -0.365 e. The van der Waals surface area contributed by atoms with Crippen molar-refractivity contribution in [3.63, 3.8) is 0 Å². The average molecular weight is 636 g/mol. The second-order valence-electron chi connectivity index (χ2n) is 13.8. The van der Waals surface area contributed by atoms with Gasteiger partial charge in [0.1, 0.15) is 24.3 Å². The van der Waals surface area contributed by atoms with E-state index in [-0.39, 0.29) is 5.25 Å². The molecule has 0 radical (unpaired) electrons. The van der Waals surface area contributed by atoms with Gasteiger partial charge in [0.15, 0.2) is 0 Å². The van der Waals surface area contributed by atoms with Gasteiger partial charge in [0.05, 0.1) is 38.5 Å². The summed E-state index contributed by atoms with van der Waals surface area (Å²) in [6, 6.07) is 22.1. The number of rotatable bonds is 8. The number of quaternary nitrogens is 1. The van der Waals surface area contributed by atoms with Gasteiger partial charge in [0.2, 0.25) is 10.0 Å². The Hall–Kier alpha value is -2.59. The molecule has 7 nitrogen and oxygen atoms in total. The molecule has 0 N–H and O–H groups in total. The molecule has 0 spiro atoms. The third kappa shape index (κ3) is 6.39. The standard InChI is InChI=1S/C35H49N5O2S2/c1-36(22-23-40(3,4)5)34-24-27(30-16-10-11-17-31(30)39(34)28-14-8-6-9-15-28)25-35-37(2)32-19-18-29(26-33(32)43-35)44(41,42)38-20-12-7-13-21-38/h6,8-11,14-17,24-25,29,32-33H,7,12-13,18-23,26H2,1-5H3/q+2. The summed E-state index contributed by atoms with van der Waals surface area (Å²) in [7, 11) is 7.88. The highest BCUT2D eigenvalue weighted by Crippen LogP contribution is 2.47. The van der Waals surface area contributed by atoms with E-state index in [1.165, 1.54) is 21.5 Å². The number of hydrogen-bond acceptors (Lipinski definition) is 5. The van der Waals surface area contributed by atoms with E-state index in [0.29, 0.717) is 24.4 Å². The average Bonchev–Trinajstić information content (AvgIpc) is 3.34. The molecule has 1 saturated carbocycles. The molecule has 3 aromatic rings. The number of aromatic nitrogens is 1. The van der Waals surface area contributed by atoms with Crippen molar-refractivity contribution in [2.45, 2.75) is 55.1 Å². The summed E-state index contributed by atoms with van der Waals surface area (Å²) in [5, 5.41) is 2.48. The normalized spacial score (nSPS) is 24.2. The molecule has 3 fully saturated rings. The summed E-state index contributed by atoms with van der Waals surface area (Å²) in [6.45, 7) is 3.34. The Bertz CT molecular complexity index is 1610. The van der Waals surface area contributed by atoms with Crippen molar-refractivity contribution in [1.29, 1.82) is 0 Å². The van der Waals surface area contributed by atoms with Crippen molar-refractivity contribution in [3.8, 4) is 5.69 Å². The molecule has 236 valence electrons. The van der Waals surface area contributed by atoms with Gasteiger partial charge in [-0.3, -0.25) is 4.90 Å². The summed E-state index contributed by atoms with van der Waals surface area (Å²) < 4.78 is 32.2. The van der Waals surface area contributed by atoms with E-state index in [1.807, 2.05) is 11.8 Å². The van der Waals surface area contributed by atoms with Crippen molar-refractivity contribution in [2.24, 2.45) is 0 Å². The van der Waals surface area contributed by atoms with E-state index in [0.717, 1.165) is 67.6 Å². The molecule has 9 heteroatoms. The minimum absolute atomic E-state index is 0.258. The van der Waals surface area contributed by atoms with Crippen LogP contribution in [0.4, 0.5) is 5.82 Å². The van der Waals surface area contributed by atoms with Crippen LogP contribution in [0, 0.1) is 0 Å². The Morgan fingerprint density at radius 1 is 1.00 bits per heavy atom. The zero-order valence-electron chi connectivity index (χ0n) is 27.0. The third-order valence-corrected chi connectivity index (χ3v) is 13.5. The third-order valence-electron chi connectivity index (χ3n) is 9.68. The number of likely N-dealkylation sites (N-methyl/N-ethyl adjacent to an activating group) is 2. The van der Waals surface area contributed by atoms with Gasteiger partial charge >= 0.3 is 0 Å². The van der Waals surface area contributed by atoms with Crippen LogP contribution < -0.4 is 9.47 Å². The fourth-order valence-electron chi connectivity index (χ4n) is 7.05. The molecule has 0 bridgehead atoms. The maximum Gasteiger partial charge on any atom is 0.282 e. The van der Waals surface area contributed by atoms with Crippen molar-refractivity contribution in [1.82, 2.24) is 9.21 Å². The number of para-hydroxylation sites is 2. The topological polar surface area (TPSA) is 47.7 Å². The maximum atomic E-state index is 13.6. The number of anilines is 1. The van der Waals surface area contributed by atoms with Crippen LogP contribution in [0.1, 0.15) is 44.1 Å². The summed E-state index contributed by atoms with van der Waals surface area (Å²) in [6.07, 6.45) is 7.89. The number of nitrogens with zero attached hydrogens (tertiary/aromatic N) is 5.